The quantitative estimate of drug-likeness (QED) is 0.814. The normalized spacial score (nSPS) is 10.7. The molecular weight excluding hydrogens is 184 g/mol. The van der Waals surface area contributed by atoms with Crippen LogP contribution in [0.1, 0.15) is 16.7 Å². The lowest BCUT2D eigenvalue weighted by Gasteiger charge is -2.12. The Morgan fingerprint density at radius 3 is 2.40 bits per heavy atom. The summed E-state index contributed by atoms with van der Waals surface area (Å²) in [5.41, 5.74) is 5.11. The van der Waals surface area contributed by atoms with Crippen molar-refractivity contribution in [1.82, 2.24) is 4.90 Å². The fourth-order valence-electron chi connectivity index (χ4n) is 1.49. The number of hydrogen-bond donors (Lipinski definition) is 1. The van der Waals surface area contributed by atoms with E-state index in [0.29, 0.717) is 0 Å². The molecule has 1 rings (SSSR count). The maximum absolute atomic E-state index is 3.22. The minimum absolute atomic E-state index is 1.18. The Morgan fingerprint density at radius 2 is 1.87 bits per heavy atom. The Morgan fingerprint density at radius 1 is 1.20 bits per heavy atom. The van der Waals surface area contributed by atoms with Crippen molar-refractivity contribution in [3.8, 4) is 0 Å². The SMILES string of the molecule is CNc1ccc(C)c(C)c1/C=C/N(C)C. The van der Waals surface area contributed by atoms with Crippen molar-refractivity contribution in [2.24, 2.45) is 0 Å². The van der Waals surface area contributed by atoms with Gasteiger partial charge in [-0.2, -0.15) is 0 Å². The van der Waals surface area contributed by atoms with Crippen LogP contribution in [0.25, 0.3) is 6.08 Å². The van der Waals surface area contributed by atoms with E-state index in [1.807, 2.05) is 26.0 Å². The topological polar surface area (TPSA) is 15.3 Å². The van der Waals surface area contributed by atoms with E-state index in [0.717, 1.165) is 0 Å². The van der Waals surface area contributed by atoms with Crippen molar-refractivity contribution in [3.63, 3.8) is 0 Å². The molecule has 1 N–H and O–H groups in total. The van der Waals surface area contributed by atoms with Gasteiger partial charge in [-0.15, -0.1) is 0 Å². The van der Waals surface area contributed by atoms with Gasteiger partial charge in [-0.1, -0.05) is 6.07 Å². The Kier molecular flexibility index (Phi) is 3.78. The summed E-state index contributed by atoms with van der Waals surface area (Å²) < 4.78 is 0. The molecule has 15 heavy (non-hydrogen) atoms. The third-order valence-corrected chi connectivity index (χ3v) is 2.59. The first kappa shape index (κ1) is 11.6. The molecular formula is C13H20N2. The second kappa shape index (κ2) is 4.87. The van der Waals surface area contributed by atoms with Gasteiger partial charge in [0.2, 0.25) is 0 Å². The first-order valence-electron chi connectivity index (χ1n) is 5.19. The van der Waals surface area contributed by atoms with E-state index >= 15 is 0 Å². The number of nitrogens with one attached hydrogen (secondary N) is 1. The maximum atomic E-state index is 3.22. The molecule has 0 atom stereocenters. The molecule has 0 heterocycles. The zero-order valence-electron chi connectivity index (χ0n) is 10.3. The van der Waals surface area contributed by atoms with E-state index in [-0.39, 0.29) is 0 Å². The van der Waals surface area contributed by atoms with E-state index in [4.69, 9.17) is 0 Å². The van der Waals surface area contributed by atoms with Crippen molar-refractivity contribution in [1.29, 1.82) is 0 Å². The molecule has 82 valence electrons. The smallest absolute Gasteiger partial charge is 0.0414 e. The van der Waals surface area contributed by atoms with Gasteiger partial charge >= 0.3 is 0 Å². The van der Waals surface area contributed by atoms with Gasteiger partial charge in [0.05, 0.1) is 0 Å². The van der Waals surface area contributed by atoms with E-state index in [1.165, 1.54) is 22.4 Å². The number of anilines is 1. The third-order valence-electron chi connectivity index (χ3n) is 2.59. The fraction of sp³-hybridized carbons (Fsp3) is 0.385. The van der Waals surface area contributed by atoms with Crippen LogP contribution >= 0.6 is 0 Å². The molecule has 0 amide bonds. The van der Waals surface area contributed by atoms with Gasteiger partial charge in [-0.25, -0.2) is 0 Å². The molecule has 2 nitrogen and oxygen atoms in total. The highest BCUT2D eigenvalue weighted by Crippen LogP contribution is 2.23. The Bertz CT molecular complexity index is 365. The lowest BCUT2D eigenvalue weighted by atomic mass is 10.0. The van der Waals surface area contributed by atoms with Crippen LogP contribution in [0.3, 0.4) is 0 Å². The summed E-state index contributed by atoms with van der Waals surface area (Å²) >= 11 is 0. The molecule has 0 aromatic heterocycles. The molecule has 1 aromatic carbocycles. The lowest BCUT2D eigenvalue weighted by molar-refractivity contribution is 0.567. The summed E-state index contributed by atoms with van der Waals surface area (Å²) in [5.74, 6) is 0. The molecule has 0 aliphatic carbocycles. The molecule has 0 saturated heterocycles. The standard InChI is InChI=1S/C13H20N2/c1-10-6-7-13(14-3)12(11(10)2)8-9-15(4)5/h6-9,14H,1-5H3/b9-8+. The third kappa shape index (κ3) is 2.75. The second-order valence-corrected chi connectivity index (χ2v) is 4.00. The zero-order valence-corrected chi connectivity index (χ0v) is 10.3. The van der Waals surface area contributed by atoms with Crippen LogP contribution in [0.15, 0.2) is 18.3 Å². The van der Waals surface area contributed by atoms with Gasteiger partial charge in [0.15, 0.2) is 0 Å². The molecule has 2 heteroatoms. The van der Waals surface area contributed by atoms with Gasteiger partial charge in [0.25, 0.3) is 0 Å². The van der Waals surface area contributed by atoms with Gasteiger partial charge < -0.3 is 10.2 Å². The molecule has 0 spiro atoms. The monoisotopic (exact) mass is 204 g/mol. The summed E-state index contributed by atoms with van der Waals surface area (Å²) in [7, 11) is 6.01. The average Bonchev–Trinajstić information content (AvgIpc) is 2.20. The molecule has 0 fully saturated rings. The minimum atomic E-state index is 1.18. The first-order valence-corrected chi connectivity index (χ1v) is 5.19. The van der Waals surface area contributed by atoms with Crippen LogP contribution in [-0.2, 0) is 0 Å². The second-order valence-electron chi connectivity index (χ2n) is 4.00. The molecule has 1 aromatic rings. The molecule has 0 saturated carbocycles. The Labute approximate surface area is 92.6 Å². The molecule has 0 aliphatic heterocycles. The van der Waals surface area contributed by atoms with Crippen LogP contribution in [0.2, 0.25) is 0 Å². The number of rotatable bonds is 3. The van der Waals surface area contributed by atoms with Gasteiger partial charge in [0, 0.05) is 32.4 Å². The van der Waals surface area contributed by atoms with Crippen molar-refractivity contribution in [2.75, 3.05) is 26.5 Å². The van der Waals surface area contributed by atoms with Crippen molar-refractivity contribution < 1.29 is 0 Å². The van der Waals surface area contributed by atoms with Crippen LogP contribution in [-0.4, -0.2) is 26.0 Å². The number of aryl methyl sites for hydroxylation is 1. The van der Waals surface area contributed by atoms with Crippen LogP contribution < -0.4 is 5.32 Å². The minimum Gasteiger partial charge on any atom is -0.388 e. The number of hydrogen-bond acceptors (Lipinski definition) is 2. The van der Waals surface area contributed by atoms with Gasteiger partial charge in [-0.05, 0) is 43.3 Å². The van der Waals surface area contributed by atoms with E-state index < -0.39 is 0 Å². The molecule has 0 aliphatic rings. The Balaban J connectivity index is 3.18. The van der Waals surface area contributed by atoms with E-state index in [1.54, 1.807) is 0 Å². The highest BCUT2D eigenvalue weighted by Gasteiger charge is 2.03. The van der Waals surface area contributed by atoms with Gasteiger partial charge in [-0.3, -0.25) is 0 Å². The van der Waals surface area contributed by atoms with Crippen molar-refractivity contribution in [2.45, 2.75) is 13.8 Å². The molecule has 0 bridgehead atoms. The predicted octanol–water partition coefficient (Wildman–Crippen LogP) is 2.88. The number of benzene rings is 1. The molecule has 0 radical (unpaired) electrons. The highest BCUT2D eigenvalue weighted by atomic mass is 15.0. The summed E-state index contributed by atoms with van der Waals surface area (Å²) in [5, 5.41) is 3.22. The van der Waals surface area contributed by atoms with Gasteiger partial charge in [0.1, 0.15) is 0 Å². The van der Waals surface area contributed by atoms with E-state index in [9.17, 15) is 0 Å². The lowest BCUT2D eigenvalue weighted by Crippen LogP contribution is -2.01. The summed E-state index contributed by atoms with van der Waals surface area (Å²) in [6.07, 6.45) is 4.22. The summed E-state index contributed by atoms with van der Waals surface area (Å²) in [4.78, 5) is 2.04. The maximum Gasteiger partial charge on any atom is 0.0414 e. The summed E-state index contributed by atoms with van der Waals surface area (Å²) in [6.45, 7) is 4.30. The largest absolute Gasteiger partial charge is 0.388 e. The van der Waals surface area contributed by atoms with Crippen LogP contribution in [0, 0.1) is 13.8 Å². The van der Waals surface area contributed by atoms with Crippen LogP contribution in [0.4, 0.5) is 5.69 Å². The Hall–Kier alpha value is -1.44. The highest BCUT2D eigenvalue weighted by molar-refractivity contribution is 5.70. The van der Waals surface area contributed by atoms with E-state index in [2.05, 4.69) is 43.6 Å². The van der Waals surface area contributed by atoms with Crippen molar-refractivity contribution >= 4 is 11.8 Å². The predicted molar refractivity (Wildman–Crippen MR) is 68.2 cm³/mol. The van der Waals surface area contributed by atoms with Crippen LogP contribution in [0.5, 0.6) is 0 Å². The average molecular weight is 204 g/mol. The first-order chi connectivity index (χ1) is 7.06. The zero-order chi connectivity index (χ0) is 11.4. The van der Waals surface area contributed by atoms with Crippen molar-refractivity contribution in [3.05, 3.63) is 35.0 Å². The fourth-order valence-corrected chi connectivity index (χ4v) is 1.49. The number of nitrogens with zero attached hydrogens (tertiary/aromatic N) is 1. The molecule has 0 unspecified atom stereocenters. The summed E-state index contributed by atoms with van der Waals surface area (Å²) in [6, 6.07) is 4.27.